The summed E-state index contributed by atoms with van der Waals surface area (Å²) in [4.78, 5) is 22.0. The van der Waals surface area contributed by atoms with Crippen LogP contribution in [0.4, 0.5) is 11.4 Å². The molecule has 0 spiro atoms. The van der Waals surface area contributed by atoms with Crippen molar-refractivity contribution in [2.45, 2.75) is 0 Å². The average molecular weight is 347 g/mol. The van der Waals surface area contributed by atoms with E-state index >= 15 is 0 Å². The van der Waals surface area contributed by atoms with Crippen LogP contribution >= 0.6 is 15.9 Å². The molecule has 0 radical (unpaired) electrons. The van der Waals surface area contributed by atoms with Gasteiger partial charge < -0.3 is 5.32 Å². The number of amides is 1. The van der Waals surface area contributed by atoms with Crippen molar-refractivity contribution in [1.82, 2.24) is 0 Å². The number of hydrogen-bond acceptors (Lipinski definition) is 3. The van der Waals surface area contributed by atoms with Crippen LogP contribution in [0, 0.1) is 10.1 Å². The standard InChI is InChI=1S/C15H11BrN2O3/c16-14(10-11-4-2-1-3-5-11)15(19)17-12-6-8-13(9-7-12)18(20)21/h1-10H,(H,17,19). The van der Waals surface area contributed by atoms with Crippen molar-refractivity contribution in [2.24, 2.45) is 0 Å². The molecule has 0 aliphatic rings. The maximum Gasteiger partial charge on any atom is 0.269 e. The number of halogens is 1. The van der Waals surface area contributed by atoms with Gasteiger partial charge in [0.25, 0.3) is 11.6 Å². The van der Waals surface area contributed by atoms with E-state index in [0.29, 0.717) is 10.2 Å². The first-order chi connectivity index (χ1) is 10.1. The van der Waals surface area contributed by atoms with Gasteiger partial charge in [0.05, 0.1) is 9.41 Å². The van der Waals surface area contributed by atoms with Crippen LogP contribution in [-0.4, -0.2) is 10.8 Å². The Morgan fingerprint density at radius 2 is 1.71 bits per heavy atom. The van der Waals surface area contributed by atoms with Gasteiger partial charge in [0, 0.05) is 17.8 Å². The van der Waals surface area contributed by atoms with E-state index in [1.54, 1.807) is 6.08 Å². The van der Waals surface area contributed by atoms with Crippen molar-refractivity contribution in [3.05, 3.63) is 74.8 Å². The number of non-ortho nitro benzene ring substituents is 1. The summed E-state index contributed by atoms with van der Waals surface area (Å²) in [7, 11) is 0. The minimum atomic E-state index is -0.489. The van der Waals surface area contributed by atoms with Gasteiger partial charge in [-0.2, -0.15) is 0 Å². The van der Waals surface area contributed by atoms with Gasteiger partial charge in [-0.1, -0.05) is 30.3 Å². The van der Waals surface area contributed by atoms with E-state index < -0.39 is 4.92 Å². The van der Waals surface area contributed by atoms with Crippen LogP contribution < -0.4 is 5.32 Å². The Labute approximate surface area is 129 Å². The Kier molecular flexibility index (Phi) is 4.84. The Hall–Kier alpha value is -2.47. The summed E-state index contributed by atoms with van der Waals surface area (Å²) in [6.07, 6.45) is 1.70. The molecule has 0 heterocycles. The smallest absolute Gasteiger partial charge is 0.269 e. The zero-order valence-electron chi connectivity index (χ0n) is 10.8. The van der Waals surface area contributed by atoms with Gasteiger partial charge in [0.15, 0.2) is 0 Å². The topological polar surface area (TPSA) is 72.2 Å². The molecule has 0 aromatic heterocycles. The minimum absolute atomic E-state index is 0.0214. The molecule has 0 aliphatic carbocycles. The van der Waals surface area contributed by atoms with Gasteiger partial charge in [0.1, 0.15) is 0 Å². The fourth-order valence-electron chi connectivity index (χ4n) is 1.62. The zero-order chi connectivity index (χ0) is 15.2. The molecular formula is C15H11BrN2O3. The van der Waals surface area contributed by atoms with Gasteiger partial charge >= 0.3 is 0 Å². The highest BCUT2D eigenvalue weighted by atomic mass is 79.9. The van der Waals surface area contributed by atoms with Crippen molar-refractivity contribution < 1.29 is 9.72 Å². The number of hydrogen-bond donors (Lipinski definition) is 1. The van der Waals surface area contributed by atoms with Gasteiger partial charge in [0.2, 0.25) is 0 Å². The van der Waals surface area contributed by atoms with Gasteiger partial charge in [-0.3, -0.25) is 14.9 Å². The first-order valence-corrected chi connectivity index (χ1v) is 6.83. The second-order valence-corrected chi connectivity index (χ2v) is 5.02. The first kappa shape index (κ1) is 14.9. The molecule has 0 aliphatic heterocycles. The lowest BCUT2D eigenvalue weighted by Crippen LogP contribution is -2.11. The number of rotatable bonds is 4. The molecule has 106 valence electrons. The molecule has 5 nitrogen and oxygen atoms in total. The highest BCUT2D eigenvalue weighted by molar-refractivity contribution is 9.12. The number of carbonyl (C=O) groups is 1. The molecule has 2 rings (SSSR count). The van der Waals surface area contributed by atoms with Crippen LogP contribution in [-0.2, 0) is 4.79 Å². The van der Waals surface area contributed by atoms with Gasteiger partial charge in [-0.15, -0.1) is 0 Å². The quantitative estimate of drug-likeness (QED) is 0.517. The second kappa shape index (κ2) is 6.81. The van der Waals surface area contributed by atoms with Crippen molar-refractivity contribution in [1.29, 1.82) is 0 Å². The van der Waals surface area contributed by atoms with Crippen molar-refractivity contribution >= 4 is 39.3 Å². The molecule has 0 saturated carbocycles. The molecule has 1 N–H and O–H groups in total. The summed E-state index contributed by atoms with van der Waals surface area (Å²) in [5.74, 6) is -0.326. The normalized spacial score (nSPS) is 11.0. The van der Waals surface area contributed by atoms with E-state index in [9.17, 15) is 14.9 Å². The summed E-state index contributed by atoms with van der Waals surface area (Å²) in [5, 5.41) is 13.2. The lowest BCUT2D eigenvalue weighted by Gasteiger charge is -2.04. The van der Waals surface area contributed by atoms with Gasteiger partial charge in [-0.05, 0) is 39.7 Å². The number of nitrogens with one attached hydrogen (secondary N) is 1. The third-order valence-electron chi connectivity index (χ3n) is 2.65. The predicted octanol–water partition coefficient (Wildman–Crippen LogP) is 3.97. The minimum Gasteiger partial charge on any atom is -0.322 e. The molecular weight excluding hydrogens is 336 g/mol. The number of nitrogens with zero attached hydrogens (tertiary/aromatic N) is 1. The molecule has 1 amide bonds. The van der Waals surface area contributed by atoms with E-state index in [4.69, 9.17) is 0 Å². The van der Waals surface area contributed by atoms with Crippen LogP contribution in [0.2, 0.25) is 0 Å². The highest BCUT2D eigenvalue weighted by Gasteiger charge is 2.08. The molecule has 0 saturated heterocycles. The second-order valence-electron chi connectivity index (χ2n) is 4.16. The molecule has 0 bridgehead atoms. The molecule has 0 unspecified atom stereocenters. The van der Waals surface area contributed by atoms with Crippen LogP contribution in [0.25, 0.3) is 6.08 Å². The number of nitro groups is 1. The zero-order valence-corrected chi connectivity index (χ0v) is 12.4. The Morgan fingerprint density at radius 1 is 1.10 bits per heavy atom. The van der Waals surface area contributed by atoms with Crippen molar-refractivity contribution in [3.63, 3.8) is 0 Å². The number of carbonyl (C=O) groups excluding carboxylic acids is 1. The Bertz CT molecular complexity index is 682. The fraction of sp³-hybridized carbons (Fsp3) is 0. The van der Waals surface area contributed by atoms with Crippen LogP contribution in [0.5, 0.6) is 0 Å². The Balaban J connectivity index is 2.07. The van der Waals surface area contributed by atoms with E-state index in [0.717, 1.165) is 5.56 Å². The molecule has 2 aromatic rings. The van der Waals surface area contributed by atoms with E-state index in [1.807, 2.05) is 30.3 Å². The summed E-state index contributed by atoms with van der Waals surface area (Å²) in [6.45, 7) is 0. The maximum absolute atomic E-state index is 12.0. The molecule has 0 fully saturated rings. The summed E-state index contributed by atoms with van der Waals surface area (Å²) < 4.78 is 0.368. The number of anilines is 1. The van der Waals surface area contributed by atoms with Crippen LogP contribution in [0.15, 0.2) is 59.1 Å². The first-order valence-electron chi connectivity index (χ1n) is 6.04. The van der Waals surface area contributed by atoms with E-state index in [1.165, 1.54) is 24.3 Å². The van der Waals surface area contributed by atoms with Crippen LogP contribution in [0.1, 0.15) is 5.56 Å². The summed E-state index contributed by atoms with van der Waals surface area (Å²) in [5.41, 5.74) is 1.36. The Morgan fingerprint density at radius 3 is 2.29 bits per heavy atom. The van der Waals surface area contributed by atoms with Crippen LogP contribution in [0.3, 0.4) is 0 Å². The van der Waals surface area contributed by atoms with Crippen molar-refractivity contribution in [2.75, 3.05) is 5.32 Å². The molecule has 2 aromatic carbocycles. The molecule has 0 atom stereocenters. The molecule has 21 heavy (non-hydrogen) atoms. The van der Waals surface area contributed by atoms with Crippen molar-refractivity contribution in [3.8, 4) is 0 Å². The monoisotopic (exact) mass is 346 g/mol. The van der Waals surface area contributed by atoms with E-state index in [2.05, 4.69) is 21.2 Å². The third-order valence-corrected chi connectivity index (χ3v) is 3.23. The molecule has 6 heteroatoms. The lowest BCUT2D eigenvalue weighted by atomic mass is 10.2. The number of nitro benzene ring substituents is 1. The van der Waals surface area contributed by atoms with E-state index in [-0.39, 0.29) is 11.6 Å². The predicted molar refractivity (Wildman–Crippen MR) is 85.1 cm³/mol. The largest absolute Gasteiger partial charge is 0.322 e. The SMILES string of the molecule is O=C(Nc1ccc([N+](=O)[O-])cc1)C(Br)=Cc1ccccc1. The summed E-state index contributed by atoms with van der Waals surface area (Å²) in [6, 6.07) is 15.0. The number of benzene rings is 2. The third kappa shape index (κ3) is 4.25. The highest BCUT2D eigenvalue weighted by Crippen LogP contribution is 2.18. The van der Waals surface area contributed by atoms with Gasteiger partial charge in [-0.25, -0.2) is 0 Å². The average Bonchev–Trinajstić information content (AvgIpc) is 2.48. The fourth-order valence-corrected chi connectivity index (χ4v) is 1.98. The lowest BCUT2D eigenvalue weighted by molar-refractivity contribution is -0.384. The summed E-state index contributed by atoms with van der Waals surface area (Å²) >= 11 is 3.22. The maximum atomic E-state index is 12.0.